The quantitative estimate of drug-likeness (QED) is 0.803. The molecule has 1 N–H and O–H groups in total. The maximum atomic E-state index is 4.59. The Kier molecular flexibility index (Phi) is 5.00. The summed E-state index contributed by atoms with van der Waals surface area (Å²) in [6.45, 7) is 12.8. The first-order valence-electron chi connectivity index (χ1n) is 6.34. The second-order valence-electron chi connectivity index (χ2n) is 4.52. The molecule has 1 rings (SSSR count). The third-order valence-corrected chi connectivity index (χ3v) is 3.27. The zero-order chi connectivity index (χ0) is 12.1. The lowest BCUT2D eigenvalue weighted by Crippen LogP contribution is -2.33. The van der Waals surface area contributed by atoms with Crippen LogP contribution in [-0.2, 0) is 6.54 Å². The van der Waals surface area contributed by atoms with Gasteiger partial charge in [0.15, 0.2) is 0 Å². The molecule has 0 aromatic carbocycles. The van der Waals surface area contributed by atoms with Gasteiger partial charge >= 0.3 is 0 Å². The van der Waals surface area contributed by atoms with E-state index in [2.05, 4.69) is 49.7 Å². The van der Waals surface area contributed by atoms with Crippen LogP contribution in [0.3, 0.4) is 0 Å². The van der Waals surface area contributed by atoms with Crippen LogP contribution in [0, 0.1) is 20.8 Å². The number of hydrogen-bond acceptors (Lipinski definition) is 2. The first-order chi connectivity index (χ1) is 7.60. The second-order valence-corrected chi connectivity index (χ2v) is 4.52. The van der Waals surface area contributed by atoms with Crippen LogP contribution in [0.5, 0.6) is 0 Å². The highest BCUT2D eigenvalue weighted by Crippen LogP contribution is 2.12. The lowest BCUT2D eigenvalue weighted by molar-refractivity contribution is 0.404. The molecule has 1 atom stereocenters. The van der Waals surface area contributed by atoms with E-state index in [0.29, 0.717) is 6.04 Å². The van der Waals surface area contributed by atoms with Crippen molar-refractivity contribution in [3.05, 3.63) is 17.0 Å². The largest absolute Gasteiger partial charge is 0.312 e. The highest BCUT2D eigenvalue weighted by atomic mass is 15.3. The Hall–Kier alpha value is -0.830. The van der Waals surface area contributed by atoms with Gasteiger partial charge in [-0.3, -0.25) is 4.68 Å². The van der Waals surface area contributed by atoms with E-state index in [-0.39, 0.29) is 0 Å². The van der Waals surface area contributed by atoms with Crippen molar-refractivity contribution in [1.29, 1.82) is 0 Å². The molecule has 1 aromatic heterocycles. The normalized spacial score (nSPS) is 13.1. The van der Waals surface area contributed by atoms with Crippen molar-refractivity contribution in [3.63, 3.8) is 0 Å². The maximum absolute atomic E-state index is 4.59. The van der Waals surface area contributed by atoms with Crippen LogP contribution in [0.1, 0.15) is 43.6 Å². The SMILES string of the molecule is CCCC(Cn1nc(C)c(C)c1C)NCC. The number of nitrogens with zero attached hydrogens (tertiary/aromatic N) is 2. The molecule has 0 radical (unpaired) electrons. The molecule has 0 aliphatic heterocycles. The number of aromatic nitrogens is 2. The van der Waals surface area contributed by atoms with Gasteiger partial charge in [-0.2, -0.15) is 5.10 Å². The number of nitrogens with one attached hydrogen (secondary N) is 1. The van der Waals surface area contributed by atoms with Crippen molar-refractivity contribution in [3.8, 4) is 0 Å². The fourth-order valence-corrected chi connectivity index (χ4v) is 2.07. The van der Waals surface area contributed by atoms with E-state index in [1.54, 1.807) is 0 Å². The standard InChI is InChI=1S/C13H25N3/c1-6-8-13(14-7-2)9-16-12(5)10(3)11(4)15-16/h13-14H,6-9H2,1-5H3. The van der Waals surface area contributed by atoms with Gasteiger partial charge in [-0.25, -0.2) is 0 Å². The van der Waals surface area contributed by atoms with E-state index < -0.39 is 0 Å². The highest BCUT2D eigenvalue weighted by Gasteiger charge is 2.12. The number of aryl methyl sites for hydroxylation is 1. The number of likely N-dealkylation sites (N-methyl/N-ethyl adjacent to an activating group) is 1. The van der Waals surface area contributed by atoms with Crippen molar-refractivity contribution in [2.24, 2.45) is 0 Å². The van der Waals surface area contributed by atoms with Crippen molar-refractivity contribution in [2.45, 2.75) is 60.0 Å². The molecular weight excluding hydrogens is 198 g/mol. The monoisotopic (exact) mass is 223 g/mol. The maximum Gasteiger partial charge on any atom is 0.0625 e. The molecule has 0 bridgehead atoms. The lowest BCUT2D eigenvalue weighted by Gasteiger charge is -2.18. The smallest absolute Gasteiger partial charge is 0.0625 e. The van der Waals surface area contributed by atoms with E-state index in [0.717, 1.165) is 18.8 Å². The summed E-state index contributed by atoms with van der Waals surface area (Å²) in [5, 5.41) is 8.12. The van der Waals surface area contributed by atoms with Gasteiger partial charge in [-0.1, -0.05) is 20.3 Å². The average molecular weight is 223 g/mol. The summed E-state index contributed by atoms with van der Waals surface area (Å²) in [4.78, 5) is 0. The molecule has 0 saturated heterocycles. The van der Waals surface area contributed by atoms with Crippen LogP contribution in [-0.4, -0.2) is 22.4 Å². The molecule has 0 spiro atoms. The molecule has 3 nitrogen and oxygen atoms in total. The molecule has 3 heteroatoms. The summed E-state index contributed by atoms with van der Waals surface area (Å²) in [5.41, 5.74) is 3.78. The summed E-state index contributed by atoms with van der Waals surface area (Å²) in [7, 11) is 0. The second kappa shape index (κ2) is 6.04. The molecule has 0 fully saturated rings. The van der Waals surface area contributed by atoms with Crippen molar-refractivity contribution >= 4 is 0 Å². The van der Waals surface area contributed by atoms with Gasteiger partial charge in [0, 0.05) is 11.7 Å². The van der Waals surface area contributed by atoms with Crippen LogP contribution in [0.4, 0.5) is 0 Å². The van der Waals surface area contributed by atoms with Gasteiger partial charge in [-0.05, 0) is 39.3 Å². The van der Waals surface area contributed by atoms with Gasteiger partial charge in [0.25, 0.3) is 0 Å². The van der Waals surface area contributed by atoms with Crippen LogP contribution in [0.25, 0.3) is 0 Å². The molecule has 1 aromatic rings. The summed E-state index contributed by atoms with van der Waals surface area (Å²) in [5.74, 6) is 0. The Morgan fingerprint density at radius 1 is 1.25 bits per heavy atom. The predicted octanol–water partition coefficient (Wildman–Crippen LogP) is 2.59. The first-order valence-corrected chi connectivity index (χ1v) is 6.34. The Morgan fingerprint density at radius 2 is 1.94 bits per heavy atom. The molecule has 0 aliphatic carbocycles. The van der Waals surface area contributed by atoms with E-state index >= 15 is 0 Å². The molecule has 1 heterocycles. The molecule has 0 amide bonds. The zero-order valence-corrected chi connectivity index (χ0v) is 11.3. The molecule has 92 valence electrons. The first kappa shape index (κ1) is 13.2. The molecule has 1 unspecified atom stereocenters. The fourth-order valence-electron chi connectivity index (χ4n) is 2.07. The number of rotatable bonds is 6. The zero-order valence-electron chi connectivity index (χ0n) is 11.3. The minimum absolute atomic E-state index is 0.549. The van der Waals surface area contributed by atoms with E-state index in [4.69, 9.17) is 0 Å². The minimum Gasteiger partial charge on any atom is -0.312 e. The fraction of sp³-hybridized carbons (Fsp3) is 0.769. The Balaban J connectivity index is 2.72. The summed E-state index contributed by atoms with van der Waals surface area (Å²) in [6, 6.07) is 0.549. The minimum atomic E-state index is 0.549. The van der Waals surface area contributed by atoms with E-state index in [1.807, 2.05) is 0 Å². The van der Waals surface area contributed by atoms with Crippen LogP contribution < -0.4 is 5.32 Å². The highest BCUT2D eigenvalue weighted by molar-refractivity contribution is 5.22. The van der Waals surface area contributed by atoms with E-state index in [1.165, 1.54) is 24.1 Å². The van der Waals surface area contributed by atoms with Gasteiger partial charge in [-0.15, -0.1) is 0 Å². The van der Waals surface area contributed by atoms with Crippen LogP contribution in [0.2, 0.25) is 0 Å². The third-order valence-electron chi connectivity index (χ3n) is 3.27. The summed E-state index contributed by atoms with van der Waals surface area (Å²) >= 11 is 0. The Bertz CT molecular complexity index is 322. The summed E-state index contributed by atoms with van der Waals surface area (Å²) in [6.07, 6.45) is 2.43. The van der Waals surface area contributed by atoms with E-state index in [9.17, 15) is 0 Å². The van der Waals surface area contributed by atoms with Gasteiger partial charge in [0.1, 0.15) is 0 Å². The van der Waals surface area contributed by atoms with Crippen LogP contribution in [0.15, 0.2) is 0 Å². The van der Waals surface area contributed by atoms with Crippen molar-refractivity contribution in [1.82, 2.24) is 15.1 Å². The molecular formula is C13H25N3. The lowest BCUT2D eigenvalue weighted by atomic mass is 10.1. The number of hydrogen-bond donors (Lipinski definition) is 1. The topological polar surface area (TPSA) is 29.9 Å². The van der Waals surface area contributed by atoms with Gasteiger partial charge in [0.05, 0.1) is 12.2 Å². The van der Waals surface area contributed by atoms with Gasteiger partial charge in [0.2, 0.25) is 0 Å². The van der Waals surface area contributed by atoms with Crippen molar-refractivity contribution < 1.29 is 0 Å². The third kappa shape index (κ3) is 3.08. The molecule has 0 saturated carbocycles. The van der Waals surface area contributed by atoms with Crippen molar-refractivity contribution in [2.75, 3.05) is 6.54 Å². The Labute approximate surface area is 99.2 Å². The summed E-state index contributed by atoms with van der Waals surface area (Å²) < 4.78 is 2.15. The Morgan fingerprint density at radius 3 is 2.38 bits per heavy atom. The van der Waals surface area contributed by atoms with Crippen LogP contribution >= 0.6 is 0 Å². The van der Waals surface area contributed by atoms with Gasteiger partial charge < -0.3 is 5.32 Å². The average Bonchev–Trinajstić information content (AvgIpc) is 2.47. The molecule has 0 aliphatic rings. The molecule has 16 heavy (non-hydrogen) atoms. The predicted molar refractivity (Wildman–Crippen MR) is 68.8 cm³/mol.